The molecule has 6 heteroatoms. The van der Waals surface area contributed by atoms with Crippen LogP contribution >= 0.6 is 15.9 Å². The number of hydrogen-bond donors (Lipinski definition) is 0. The van der Waals surface area contributed by atoms with Gasteiger partial charge < -0.3 is 4.74 Å². The van der Waals surface area contributed by atoms with E-state index in [2.05, 4.69) is 15.9 Å². The van der Waals surface area contributed by atoms with Crippen LogP contribution in [0.25, 0.3) is 0 Å². The highest BCUT2D eigenvalue weighted by Gasteiger charge is 2.25. The van der Waals surface area contributed by atoms with Gasteiger partial charge in [-0.1, -0.05) is 0 Å². The Morgan fingerprint density at radius 2 is 2.19 bits per heavy atom. The van der Waals surface area contributed by atoms with E-state index in [0.29, 0.717) is 4.47 Å². The average molecular weight is 288 g/mol. The smallest absolute Gasteiger partial charge is 0.325 e. The third-order valence-corrected chi connectivity index (χ3v) is 2.57. The van der Waals surface area contributed by atoms with Crippen LogP contribution in [0.1, 0.15) is 24.2 Å². The normalized spacial score (nSPS) is 9.94. The van der Waals surface area contributed by atoms with Crippen molar-refractivity contribution in [1.82, 2.24) is 0 Å². The number of rotatable bonds is 4. The van der Waals surface area contributed by atoms with Crippen LogP contribution in [0, 0.1) is 10.1 Å². The quantitative estimate of drug-likeness (QED) is 0.485. The van der Waals surface area contributed by atoms with Gasteiger partial charge in [0.2, 0.25) is 5.75 Å². The Bertz CT molecular complexity index is 445. The highest BCUT2D eigenvalue weighted by Crippen LogP contribution is 2.38. The van der Waals surface area contributed by atoms with Gasteiger partial charge in [-0.05, 0) is 41.9 Å². The van der Waals surface area contributed by atoms with Crippen molar-refractivity contribution < 1.29 is 14.5 Å². The summed E-state index contributed by atoms with van der Waals surface area (Å²) in [5.41, 5.74) is 0.00583. The monoisotopic (exact) mass is 287 g/mol. The molecule has 16 heavy (non-hydrogen) atoms. The van der Waals surface area contributed by atoms with Crippen LogP contribution in [-0.2, 0) is 0 Å². The molecular formula is C10H10BrNO4. The maximum absolute atomic E-state index is 11.3. The Labute approximate surface area is 101 Å². The van der Waals surface area contributed by atoms with Gasteiger partial charge in [-0.3, -0.25) is 14.9 Å². The molecule has 0 saturated heterocycles. The number of ketones is 1. The lowest BCUT2D eigenvalue weighted by Gasteiger charge is -2.09. The van der Waals surface area contributed by atoms with Crippen LogP contribution in [0.2, 0.25) is 0 Å². The van der Waals surface area contributed by atoms with Crippen molar-refractivity contribution in [3.8, 4) is 5.75 Å². The molecule has 1 aromatic carbocycles. The fourth-order valence-electron chi connectivity index (χ4n) is 1.28. The zero-order chi connectivity index (χ0) is 12.3. The molecule has 0 amide bonds. The first kappa shape index (κ1) is 12.6. The second kappa shape index (κ2) is 5.07. The number of Topliss-reactive ketones (excluding diaryl/α,β-unsaturated/α-hetero) is 1. The summed E-state index contributed by atoms with van der Waals surface area (Å²) in [5, 5.41) is 10.9. The van der Waals surface area contributed by atoms with E-state index in [4.69, 9.17) is 4.74 Å². The third kappa shape index (κ3) is 2.38. The van der Waals surface area contributed by atoms with Gasteiger partial charge in [0, 0.05) is 0 Å². The second-order valence-corrected chi connectivity index (χ2v) is 3.87. The zero-order valence-electron chi connectivity index (χ0n) is 8.82. The van der Waals surface area contributed by atoms with Gasteiger partial charge in [-0.25, -0.2) is 0 Å². The number of hydrogen-bond acceptors (Lipinski definition) is 4. The molecule has 0 bridgehead atoms. The molecule has 1 aromatic rings. The van der Waals surface area contributed by atoms with E-state index in [-0.39, 0.29) is 29.4 Å². The minimum Gasteiger partial charge on any atom is -0.487 e. The first-order valence-electron chi connectivity index (χ1n) is 4.59. The van der Waals surface area contributed by atoms with Gasteiger partial charge in [0.1, 0.15) is 0 Å². The molecule has 1 rings (SSSR count). The lowest BCUT2D eigenvalue weighted by atomic mass is 10.1. The largest absolute Gasteiger partial charge is 0.487 e. The maximum Gasteiger partial charge on any atom is 0.325 e. The van der Waals surface area contributed by atoms with Crippen LogP contribution in [0.15, 0.2) is 16.6 Å². The van der Waals surface area contributed by atoms with Crippen LogP contribution in [0.5, 0.6) is 5.75 Å². The summed E-state index contributed by atoms with van der Waals surface area (Å²) in [6.07, 6.45) is 0. The summed E-state index contributed by atoms with van der Waals surface area (Å²) >= 11 is 3.07. The van der Waals surface area contributed by atoms with Crippen molar-refractivity contribution in [3.63, 3.8) is 0 Å². The van der Waals surface area contributed by atoms with Crippen LogP contribution in [0.3, 0.4) is 0 Å². The summed E-state index contributed by atoms with van der Waals surface area (Å²) in [6, 6.07) is 2.97. The number of ether oxygens (including phenoxy) is 1. The number of nitro groups is 1. The van der Waals surface area contributed by atoms with Crippen molar-refractivity contribution in [2.24, 2.45) is 0 Å². The van der Waals surface area contributed by atoms with Gasteiger partial charge >= 0.3 is 5.69 Å². The average Bonchev–Trinajstić information content (AvgIpc) is 2.17. The molecule has 0 aliphatic rings. The van der Waals surface area contributed by atoms with Crippen LogP contribution in [-0.4, -0.2) is 17.3 Å². The molecule has 0 aliphatic heterocycles. The Morgan fingerprint density at radius 1 is 1.56 bits per heavy atom. The number of benzene rings is 1. The SMILES string of the molecule is CCOc1c(C(C)=O)ccc(Br)c1[N+](=O)[O-]. The molecule has 0 radical (unpaired) electrons. The molecule has 5 nitrogen and oxygen atoms in total. The molecule has 0 aromatic heterocycles. The van der Waals surface area contributed by atoms with Crippen molar-refractivity contribution in [3.05, 3.63) is 32.3 Å². The van der Waals surface area contributed by atoms with Crippen molar-refractivity contribution in [2.75, 3.05) is 6.61 Å². The fourth-order valence-corrected chi connectivity index (χ4v) is 1.74. The van der Waals surface area contributed by atoms with E-state index in [9.17, 15) is 14.9 Å². The summed E-state index contributed by atoms with van der Waals surface area (Å²) in [4.78, 5) is 21.6. The fraction of sp³-hybridized carbons (Fsp3) is 0.300. The Hall–Kier alpha value is -1.43. The predicted octanol–water partition coefficient (Wildman–Crippen LogP) is 2.96. The van der Waals surface area contributed by atoms with Crippen LogP contribution in [0.4, 0.5) is 5.69 Å². The van der Waals surface area contributed by atoms with Crippen molar-refractivity contribution in [2.45, 2.75) is 13.8 Å². The molecule has 86 valence electrons. The summed E-state index contributed by atoms with van der Waals surface area (Å²) in [7, 11) is 0. The Kier molecular flexibility index (Phi) is 4.00. The second-order valence-electron chi connectivity index (χ2n) is 3.02. The molecule has 0 heterocycles. The highest BCUT2D eigenvalue weighted by molar-refractivity contribution is 9.10. The first-order valence-corrected chi connectivity index (χ1v) is 5.39. The molecule has 0 atom stereocenters. The molecule has 0 spiro atoms. The summed E-state index contributed by atoms with van der Waals surface area (Å²) in [5.74, 6) is -0.242. The predicted molar refractivity (Wildman–Crippen MR) is 62.0 cm³/mol. The molecular weight excluding hydrogens is 278 g/mol. The highest BCUT2D eigenvalue weighted by atomic mass is 79.9. The first-order chi connectivity index (χ1) is 7.49. The number of carbonyl (C=O) groups excluding carboxylic acids is 1. The van der Waals surface area contributed by atoms with Crippen LogP contribution < -0.4 is 4.74 Å². The number of nitrogens with zero attached hydrogens (tertiary/aromatic N) is 1. The topological polar surface area (TPSA) is 69.4 Å². The van der Waals surface area contributed by atoms with E-state index in [0.717, 1.165) is 0 Å². The van der Waals surface area contributed by atoms with E-state index < -0.39 is 4.92 Å². The molecule has 0 N–H and O–H groups in total. The van der Waals surface area contributed by atoms with Gasteiger partial charge in [0.15, 0.2) is 5.78 Å². The van der Waals surface area contributed by atoms with Gasteiger partial charge in [0.05, 0.1) is 21.6 Å². The Balaban J connectivity index is 3.49. The number of halogens is 1. The lowest BCUT2D eigenvalue weighted by Crippen LogP contribution is -2.04. The van der Waals surface area contributed by atoms with Crippen molar-refractivity contribution in [1.29, 1.82) is 0 Å². The third-order valence-electron chi connectivity index (χ3n) is 1.93. The molecule has 0 saturated carbocycles. The minimum atomic E-state index is -0.568. The van der Waals surface area contributed by atoms with E-state index in [1.807, 2.05) is 0 Å². The number of carbonyl (C=O) groups is 1. The Morgan fingerprint density at radius 3 is 2.62 bits per heavy atom. The van der Waals surface area contributed by atoms with Crippen molar-refractivity contribution >= 4 is 27.4 Å². The zero-order valence-corrected chi connectivity index (χ0v) is 10.4. The molecule has 0 aliphatic carbocycles. The maximum atomic E-state index is 11.3. The minimum absolute atomic E-state index is 0.0226. The van der Waals surface area contributed by atoms with E-state index in [1.54, 1.807) is 6.92 Å². The van der Waals surface area contributed by atoms with Gasteiger partial charge in [0.25, 0.3) is 0 Å². The summed E-state index contributed by atoms with van der Waals surface area (Å²) < 4.78 is 5.48. The number of nitro benzene ring substituents is 1. The van der Waals surface area contributed by atoms with E-state index >= 15 is 0 Å². The lowest BCUT2D eigenvalue weighted by molar-refractivity contribution is -0.386. The van der Waals surface area contributed by atoms with Gasteiger partial charge in [-0.2, -0.15) is 0 Å². The molecule has 0 unspecified atom stereocenters. The summed E-state index contributed by atoms with van der Waals surface area (Å²) in [6.45, 7) is 3.31. The van der Waals surface area contributed by atoms with E-state index in [1.165, 1.54) is 19.1 Å². The molecule has 0 fully saturated rings. The van der Waals surface area contributed by atoms with Gasteiger partial charge in [-0.15, -0.1) is 0 Å². The standard InChI is InChI=1S/C10H10BrNO4/c1-3-16-10-7(6(2)13)4-5-8(11)9(10)12(14)15/h4-5H,3H2,1-2H3.